The molecule has 14 heavy (non-hydrogen) atoms. The molecule has 0 saturated heterocycles. The van der Waals surface area contributed by atoms with Gasteiger partial charge in [-0.2, -0.15) is 0 Å². The first-order chi connectivity index (χ1) is 6.61. The summed E-state index contributed by atoms with van der Waals surface area (Å²) in [5, 5.41) is 0. The lowest BCUT2D eigenvalue weighted by Crippen LogP contribution is -2.18. The lowest BCUT2D eigenvalue weighted by molar-refractivity contribution is 0.0999. The molecular formula is C11H16N2O. The molecule has 1 amide bonds. The van der Waals surface area contributed by atoms with E-state index in [9.17, 15) is 4.79 Å². The van der Waals surface area contributed by atoms with Crippen molar-refractivity contribution in [3.63, 3.8) is 0 Å². The van der Waals surface area contributed by atoms with Crippen LogP contribution in [0.15, 0.2) is 24.3 Å². The fourth-order valence-electron chi connectivity index (χ4n) is 1.32. The van der Waals surface area contributed by atoms with Crippen molar-refractivity contribution in [2.45, 2.75) is 6.42 Å². The number of rotatable bonds is 4. The Morgan fingerprint density at radius 2 is 2.00 bits per heavy atom. The van der Waals surface area contributed by atoms with E-state index in [2.05, 4.69) is 4.90 Å². The van der Waals surface area contributed by atoms with Gasteiger partial charge in [-0.3, -0.25) is 4.79 Å². The zero-order valence-electron chi connectivity index (χ0n) is 8.66. The molecule has 3 nitrogen and oxygen atoms in total. The van der Waals surface area contributed by atoms with E-state index in [-0.39, 0.29) is 5.91 Å². The molecule has 0 spiro atoms. The lowest BCUT2D eigenvalue weighted by atomic mass is 10.0. The molecule has 76 valence electrons. The van der Waals surface area contributed by atoms with Crippen molar-refractivity contribution in [3.05, 3.63) is 35.4 Å². The van der Waals surface area contributed by atoms with E-state index >= 15 is 0 Å². The second-order valence-electron chi connectivity index (χ2n) is 3.57. The highest BCUT2D eigenvalue weighted by molar-refractivity contribution is 5.94. The number of nitrogens with zero attached hydrogens (tertiary/aromatic N) is 1. The summed E-state index contributed by atoms with van der Waals surface area (Å²) in [6.45, 7) is 0.921. The zero-order chi connectivity index (χ0) is 10.6. The Balaban J connectivity index is 2.79. The van der Waals surface area contributed by atoms with E-state index in [4.69, 9.17) is 5.73 Å². The quantitative estimate of drug-likeness (QED) is 0.770. The molecule has 0 atom stereocenters. The standard InChI is InChI=1S/C11H16N2O/c1-13(2)8-7-9-5-3-4-6-10(9)11(12)14/h3-6H,7-8H2,1-2H3,(H2,12,14). The van der Waals surface area contributed by atoms with Crippen LogP contribution in [-0.2, 0) is 6.42 Å². The third-order valence-electron chi connectivity index (χ3n) is 2.11. The fourth-order valence-corrected chi connectivity index (χ4v) is 1.32. The SMILES string of the molecule is CN(C)CCc1ccccc1C(N)=O. The normalized spacial score (nSPS) is 10.5. The minimum absolute atomic E-state index is 0.348. The number of carbonyl (C=O) groups excluding carboxylic acids is 1. The van der Waals surface area contributed by atoms with Gasteiger partial charge in [-0.15, -0.1) is 0 Å². The van der Waals surface area contributed by atoms with Crippen LogP contribution < -0.4 is 5.73 Å². The van der Waals surface area contributed by atoms with E-state index in [1.54, 1.807) is 6.07 Å². The van der Waals surface area contributed by atoms with E-state index in [0.29, 0.717) is 5.56 Å². The molecule has 0 saturated carbocycles. The monoisotopic (exact) mass is 192 g/mol. The van der Waals surface area contributed by atoms with E-state index in [0.717, 1.165) is 18.5 Å². The second-order valence-corrected chi connectivity index (χ2v) is 3.57. The maximum absolute atomic E-state index is 11.1. The van der Waals surface area contributed by atoms with Crippen molar-refractivity contribution in [2.24, 2.45) is 5.73 Å². The van der Waals surface area contributed by atoms with Crippen molar-refractivity contribution in [3.8, 4) is 0 Å². The summed E-state index contributed by atoms with van der Waals surface area (Å²) < 4.78 is 0. The third kappa shape index (κ3) is 2.85. The number of hydrogen-bond acceptors (Lipinski definition) is 2. The predicted octanol–water partition coefficient (Wildman–Crippen LogP) is 0.890. The van der Waals surface area contributed by atoms with Crippen molar-refractivity contribution in [1.29, 1.82) is 0 Å². The average Bonchev–Trinajstić information content (AvgIpc) is 2.15. The smallest absolute Gasteiger partial charge is 0.248 e. The molecule has 0 fully saturated rings. The summed E-state index contributed by atoms with van der Waals surface area (Å²) in [4.78, 5) is 13.2. The lowest BCUT2D eigenvalue weighted by Gasteiger charge is -2.11. The van der Waals surface area contributed by atoms with E-state index in [1.807, 2.05) is 32.3 Å². The zero-order valence-corrected chi connectivity index (χ0v) is 8.66. The van der Waals surface area contributed by atoms with Crippen molar-refractivity contribution >= 4 is 5.91 Å². The fraction of sp³-hybridized carbons (Fsp3) is 0.364. The van der Waals surface area contributed by atoms with Crippen LogP contribution in [0.4, 0.5) is 0 Å². The van der Waals surface area contributed by atoms with Crippen LogP contribution in [0.3, 0.4) is 0 Å². The van der Waals surface area contributed by atoms with E-state index in [1.165, 1.54) is 0 Å². The Hall–Kier alpha value is -1.35. The van der Waals surface area contributed by atoms with Gasteiger partial charge in [-0.1, -0.05) is 18.2 Å². The van der Waals surface area contributed by atoms with Gasteiger partial charge in [-0.05, 0) is 32.1 Å². The molecule has 1 aromatic rings. The van der Waals surface area contributed by atoms with Crippen LogP contribution in [0.1, 0.15) is 15.9 Å². The van der Waals surface area contributed by atoms with Crippen LogP contribution in [0.2, 0.25) is 0 Å². The largest absolute Gasteiger partial charge is 0.366 e. The maximum atomic E-state index is 11.1. The number of carbonyl (C=O) groups is 1. The Morgan fingerprint density at radius 3 is 2.57 bits per heavy atom. The average molecular weight is 192 g/mol. The van der Waals surface area contributed by atoms with Gasteiger partial charge in [0.1, 0.15) is 0 Å². The predicted molar refractivity (Wildman–Crippen MR) is 57.2 cm³/mol. The van der Waals surface area contributed by atoms with Gasteiger partial charge >= 0.3 is 0 Å². The number of benzene rings is 1. The van der Waals surface area contributed by atoms with Crippen LogP contribution in [0.25, 0.3) is 0 Å². The molecule has 0 aliphatic carbocycles. The van der Waals surface area contributed by atoms with Crippen LogP contribution in [-0.4, -0.2) is 31.4 Å². The molecule has 3 heteroatoms. The first-order valence-corrected chi connectivity index (χ1v) is 4.63. The number of nitrogens with two attached hydrogens (primary N) is 1. The number of hydrogen-bond donors (Lipinski definition) is 1. The van der Waals surface area contributed by atoms with Gasteiger partial charge in [0.05, 0.1) is 0 Å². The first-order valence-electron chi connectivity index (χ1n) is 4.63. The first kappa shape index (κ1) is 10.7. The molecule has 0 radical (unpaired) electrons. The molecule has 1 aromatic carbocycles. The van der Waals surface area contributed by atoms with Crippen molar-refractivity contribution in [1.82, 2.24) is 4.90 Å². The van der Waals surface area contributed by atoms with Crippen molar-refractivity contribution < 1.29 is 4.79 Å². The number of likely N-dealkylation sites (N-methyl/N-ethyl adjacent to an activating group) is 1. The number of amides is 1. The Labute approximate surface area is 84.5 Å². The molecule has 0 bridgehead atoms. The summed E-state index contributed by atoms with van der Waals surface area (Å²) in [7, 11) is 4.01. The summed E-state index contributed by atoms with van der Waals surface area (Å²) >= 11 is 0. The molecule has 0 aliphatic rings. The maximum Gasteiger partial charge on any atom is 0.248 e. The second kappa shape index (κ2) is 4.77. The topological polar surface area (TPSA) is 46.3 Å². The van der Waals surface area contributed by atoms with Gasteiger partial charge in [0.25, 0.3) is 0 Å². The Bertz CT molecular complexity index is 321. The Morgan fingerprint density at radius 1 is 1.36 bits per heavy atom. The molecule has 0 aromatic heterocycles. The Kier molecular flexibility index (Phi) is 3.65. The van der Waals surface area contributed by atoms with E-state index < -0.39 is 0 Å². The summed E-state index contributed by atoms with van der Waals surface area (Å²) in [5.74, 6) is -0.348. The molecular weight excluding hydrogens is 176 g/mol. The van der Waals surface area contributed by atoms with Gasteiger partial charge in [0.2, 0.25) is 5.91 Å². The minimum Gasteiger partial charge on any atom is -0.366 e. The minimum atomic E-state index is -0.348. The molecule has 0 unspecified atom stereocenters. The van der Waals surface area contributed by atoms with Crippen LogP contribution in [0, 0.1) is 0 Å². The highest BCUT2D eigenvalue weighted by Gasteiger charge is 2.06. The molecule has 0 heterocycles. The molecule has 0 aliphatic heterocycles. The number of primary amides is 1. The van der Waals surface area contributed by atoms with Gasteiger partial charge in [-0.25, -0.2) is 0 Å². The third-order valence-corrected chi connectivity index (χ3v) is 2.11. The van der Waals surface area contributed by atoms with Gasteiger partial charge in [0, 0.05) is 12.1 Å². The van der Waals surface area contributed by atoms with Gasteiger partial charge in [0.15, 0.2) is 0 Å². The highest BCUT2D eigenvalue weighted by Crippen LogP contribution is 2.08. The summed E-state index contributed by atoms with van der Waals surface area (Å²) in [6, 6.07) is 7.48. The van der Waals surface area contributed by atoms with Gasteiger partial charge < -0.3 is 10.6 Å². The van der Waals surface area contributed by atoms with Crippen LogP contribution in [0.5, 0.6) is 0 Å². The highest BCUT2D eigenvalue weighted by atomic mass is 16.1. The molecule has 1 rings (SSSR count). The summed E-state index contributed by atoms with van der Waals surface area (Å²) in [6.07, 6.45) is 0.853. The van der Waals surface area contributed by atoms with Crippen molar-refractivity contribution in [2.75, 3.05) is 20.6 Å². The molecule has 2 N–H and O–H groups in total. The summed E-state index contributed by atoms with van der Waals surface area (Å²) in [5.41, 5.74) is 6.92. The van der Waals surface area contributed by atoms with Crippen LogP contribution >= 0.6 is 0 Å².